The minimum atomic E-state index is -0.271. The summed E-state index contributed by atoms with van der Waals surface area (Å²) in [4.78, 5) is 26.0. The molecule has 0 aromatic carbocycles. The van der Waals surface area contributed by atoms with Crippen molar-refractivity contribution in [3.63, 3.8) is 0 Å². The lowest BCUT2D eigenvalue weighted by Gasteiger charge is -2.67. The molecule has 5 aliphatic rings. The van der Waals surface area contributed by atoms with E-state index in [1.165, 1.54) is 12.8 Å². The molecule has 10 unspecified atom stereocenters. The predicted octanol–water partition coefficient (Wildman–Crippen LogP) is 7.14. The molecule has 5 rings (SSSR count). The van der Waals surface area contributed by atoms with Crippen molar-refractivity contribution < 1.29 is 14.3 Å². The summed E-state index contributed by atoms with van der Waals surface area (Å²) < 4.78 is 5.42. The molecular weight excluding hydrogens is 434 g/mol. The molecular formula is C31H47NO3. The Bertz CT molecular complexity index is 932. The van der Waals surface area contributed by atoms with Gasteiger partial charge in [-0.05, 0) is 104 Å². The van der Waals surface area contributed by atoms with Crippen molar-refractivity contribution in [2.24, 2.45) is 57.7 Å². The summed E-state index contributed by atoms with van der Waals surface area (Å²) in [5.74, 6) is 3.19. The van der Waals surface area contributed by atoms with Gasteiger partial charge in [0.05, 0.1) is 18.1 Å². The van der Waals surface area contributed by atoms with Crippen molar-refractivity contribution >= 4 is 11.8 Å². The maximum atomic E-state index is 13.1. The number of nitriles is 1. The first-order chi connectivity index (χ1) is 16.6. The number of carbonyl (C=O) groups is 2. The highest BCUT2D eigenvalue weighted by Gasteiger charge is 2.65. The molecule has 0 N–H and O–H groups in total. The molecule has 0 saturated heterocycles. The van der Waals surface area contributed by atoms with Gasteiger partial charge in [0.15, 0.2) is 5.78 Å². The van der Waals surface area contributed by atoms with E-state index in [9.17, 15) is 14.9 Å². The molecule has 35 heavy (non-hydrogen) atoms. The highest BCUT2D eigenvalue weighted by Crippen LogP contribution is 2.71. The minimum Gasteiger partial charge on any atom is -0.469 e. The van der Waals surface area contributed by atoms with Gasteiger partial charge in [0.2, 0.25) is 0 Å². The molecule has 0 bridgehead atoms. The third kappa shape index (κ3) is 3.66. The second-order valence-electron chi connectivity index (χ2n) is 12.9. The van der Waals surface area contributed by atoms with Gasteiger partial charge in [-0.25, -0.2) is 0 Å². The minimum absolute atomic E-state index is 0.0435. The fourth-order valence-electron chi connectivity index (χ4n) is 10.3. The molecule has 0 heterocycles. The van der Waals surface area contributed by atoms with Crippen molar-refractivity contribution in [3.05, 3.63) is 11.6 Å². The predicted molar refractivity (Wildman–Crippen MR) is 138 cm³/mol. The van der Waals surface area contributed by atoms with Gasteiger partial charge in [-0.1, -0.05) is 47.6 Å². The van der Waals surface area contributed by atoms with Crippen LogP contribution >= 0.6 is 0 Å². The Labute approximate surface area is 213 Å². The van der Waals surface area contributed by atoms with Gasteiger partial charge in [-0.2, -0.15) is 5.26 Å². The third-order valence-corrected chi connectivity index (χ3v) is 11.8. The molecule has 0 amide bonds. The second-order valence-corrected chi connectivity index (χ2v) is 12.9. The first kappa shape index (κ1) is 26.4. The Morgan fingerprint density at radius 2 is 1.66 bits per heavy atom. The molecule has 4 saturated carbocycles. The zero-order chi connectivity index (χ0) is 25.8. The number of hydrogen-bond acceptors (Lipinski definition) is 4. The number of carbonyl (C=O) groups excluding carboxylic acids is 2. The van der Waals surface area contributed by atoms with Gasteiger partial charge < -0.3 is 4.74 Å². The second kappa shape index (κ2) is 9.35. The summed E-state index contributed by atoms with van der Waals surface area (Å²) in [6, 6.07) is 2.23. The first-order valence-corrected chi connectivity index (χ1v) is 14.4. The summed E-state index contributed by atoms with van der Waals surface area (Å²) in [5.41, 5.74) is 0.232. The quantitative estimate of drug-likeness (QED) is 0.373. The number of ether oxygens (including phenoxy) is 1. The third-order valence-electron chi connectivity index (χ3n) is 11.8. The standard InChI is InChI=1S/C29H41NO3.C2H6/c1-17-8-12-29(26(32)33-5)13-10-22-20(23(29)14-17)6-7-24-27(22,3)11-9-21-18(2)25(31)19(16-30)15-28(21,24)4;1-2/h15,17-18,20-24H,6-14H2,1-5H3;1-2H3. The highest BCUT2D eigenvalue weighted by molar-refractivity contribution is 6.01. The molecule has 4 nitrogen and oxygen atoms in total. The van der Waals surface area contributed by atoms with Crippen LogP contribution in [-0.4, -0.2) is 18.9 Å². The largest absolute Gasteiger partial charge is 0.469 e. The van der Waals surface area contributed by atoms with Gasteiger partial charge in [0, 0.05) is 5.92 Å². The van der Waals surface area contributed by atoms with Crippen LogP contribution in [0.1, 0.15) is 99.3 Å². The van der Waals surface area contributed by atoms with Crippen molar-refractivity contribution in [2.45, 2.75) is 99.3 Å². The molecule has 5 aliphatic carbocycles. The summed E-state index contributed by atoms with van der Waals surface area (Å²) >= 11 is 0. The number of nitrogens with zero attached hydrogens (tertiary/aromatic N) is 1. The molecule has 0 aromatic heterocycles. The summed E-state index contributed by atoms with van der Waals surface area (Å²) in [7, 11) is 1.57. The number of Topliss-reactive ketones (excluding diaryl/α,β-unsaturated/α-hetero) is 1. The molecule has 4 fully saturated rings. The Morgan fingerprint density at radius 1 is 1.00 bits per heavy atom. The van der Waals surface area contributed by atoms with E-state index in [1.54, 1.807) is 7.11 Å². The van der Waals surface area contributed by atoms with Gasteiger partial charge in [-0.15, -0.1) is 0 Å². The topological polar surface area (TPSA) is 67.2 Å². The molecule has 0 spiro atoms. The van der Waals surface area contributed by atoms with Gasteiger partial charge >= 0.3 is 5.97 Å². The number of allylic oxidation sites excluding steroid dienone is 2. The van der Waals surface area contributed by atoms with Gasteiger partial charge in [0.25, 0.3) is 0 Å². The maximum absolute atomic E-state index is 13.1. The van der Waals surface area contributed by atoms with Crippen molar-refractivity contribution in [2.75, 3.05) is 7.11 Å². The zero-order valence-corrected chi connectivity index (χ0v) is 23.2. The maximum Gasteiger partial charge on any atom is 0.312 e. The number of ketones is 1. The Morgan fingerprint density at radius 3 is 2.31 bits per heavy atom. The molecule has 0 aliphatic heterocycles. The molecule has 0 aromatic rings. The SMILES string of the molecule is CC.COC(=O)C12CCC(C)CC1C1CCC3C4(C)C=C(C#N)C(=O)C(C)C4CCC3(C)C1CC2. The van der Waals surface area contributed by atoms with Gasteiger partial charge in [-0.3, -0.25) is 9.59 Å². The van der Waals surface area contributed by atoms with Crippen LogP contribution in [0.5, 0.6) is 0 Å². The fourth-order valence-corrected chi connectivity index (χ4v) is 10.3. The van der Waals surface area contributed by atoms with E-state index in [2.05, 4.69) is 39.8 Å². The summed E-state index contributed by atoms with van der Waals surface area (Å²) in [6.07, 6.45) is 12.0. The first-order valence-electron chi connectivity index (χ1n) is 14.4. The van der Waals surface area contributed by atoms with Crippen LogP contribution in [0.25, 0.3) is 0 Å². The Hall–Kier alpha value is -1.63. The lowest BCUT2D eigenvalue weighted by Crippen LogP contribution is -2.62. The normalized spacial score (nSPS) is 48.3. The molecule has 0 radical (unpaired) electrons. The van der Waals surface area contributed by atoms with Crippen molar-refractivity contribution in [1.29, 1.82) is 5.26 Å². The zero-order valence-electron chi connectivity index (χ0n) is 23.2. The molecule has 4 heteroatoms. The van der Waals surface area contributed by atoms with E-state index >= 15 is 0 Å². The fraction of sp³-hybridized carbons (Fsp3) is 0.839. The van der Waals surface area contributed by atoms with E-state index in [-0.39, 0.29) is 33.9 Å². The van der Waals surface area contributed by atoms with Crippen molar-refractivity contribution in [3.8, 4) is 6.07 Å². The number of rotatable bonds is 1. The highest BCUT2D eigenvalue weighted by atomic mass is 16.5. The lowest BCUT2D eigenvalue weighted by molar-refractivity contribution is -0.193. The average Bonchev–Trinajstić information content (AvgIpc) is 2.86. The van der Waals surface area contributed by atoms with E-state index < -0.39 is 0 Å². The van der Waals surface area contributed by atoms with Gasteiger partial charge in [0.1, 0.15) is 6.07 Å². The summed E-state index contributed by atoms with van der Waals surface area (Å²) in [5, 5.41) is 9.71. The van der Waals surface area contributed by atoms with Crippen LogP contribution in [-0.2, 0) is 14.3 Å². The van der Waals surface area contributed by atoms with Crippen LogP contribution in [0.15, 0.2) is 11.6 Å². The molecule has 10 atom stereocenters. The van der Waals surface area contributed by atoms with Crippen LogP contribution in [0.2, 0.25) is 0 Å². The van der Waals surface area contributed by atoms with E-state index in [0.29, 0.717) is 41.1 Å². The Balaban J connectivity index is 0.00000141. The van der Waals surface area contributed by atoms with Crippen LogP contribution < -0.4 is 0 Å². The van der Waals surface area contributed by atoms with Crippen molar-refractivity contribution in [1.82, 2.24) is 0 Å². The molecule has 194 valence electrons. The summed E-state index contributed by atoms with van der Waals surface area (Å²) in [6.45, 7) is 13.3. The number of methoxy groups -OCH3 is 1. The number of hydrogen-bond donors (Lipinski definition) is 0. The number of esters is 1. The Kier molecular flexibility index (Phi) is 7.06. The smallest absolute Gasteiger partial charge is 0.312 e. The van der Waals surface area contributed by atoms with E-state index in [1.807, 2.05) is 13.8 Å². The van der Waals surface area contributed by atoms with E-state index in [4.69, 9.17) is 4.74 Å². The average molecular weight is 482 g/mol. The lowest BCUT2D eigenvalue weighted by atomic mass is 9.37. The van der Waals surface area contributed by atoms with E-state index in [0.717, 1.165) is 44.9 Å². The van der Waals surface area contributed by atoms with Crippen LogP contribution in [0.4, 0.5) is 0 Å². The van der Waals surface area contributed by atoms with Crippen LogP contribution in [0.3, 0.4) is 0 Å². The monoisotopic (exact) mass is 481 g/mol. The van der Waals surface area contributed by atoms with Crippen LogP contribution in [0, 0.1) is 69.0 Å². The number of fused-ring (bicyclic) bond motifs is 7.